The summed E-state index contributed by atoms with van der Waals surface area (Å²) in [4.78, 5) is 0. The Morgan fingerprint density at radius 2 is 1.27 bits per heavy atom. The van der Waals surface area contributed by atoms with Gasteiger partial charge >= 0.3 is 0 Å². The van der Waals surface area contributed by atoms with E-state index >= 15 is 0 Å². The molecule has 0 aliphatic carbocycles. The van der Waals surface area contributed by atoms with Crippen LogP contribution in [-0.2, 0) is 0 Å². The first kappa shape index (κ1) is 8.36. The van der Waals surface area contributed by atoms with Gasteiger partial charge in [-0.05, 0) is 12.1 Å². The Kier molecular flexibility index (Phi) is 1.68. The molecule has 3 aromatic rings. The molecule has 0 fully saturated rings. The summed E-state index contributed by atoms with van der Waals surface area (Å²) in [5, 5.41) is 2.59. The van der Waals surface area contributed by atoms with Gasteiger partial charge in [-0.3, -0.25) is 4.68 Å². The second-order valence-electron chi connectivity index (χ2n) is 3.59. The number of para-hydroxylation sites is 2. The highest BCUT2D eigenvalue weighted by molar-refractivity contribution is 6.08. The molecule has 0 spiro atoms. The van der Waals surface area contributed by atoms with Crippen LogP contribution in [-0.4, -0.2) is 11.7 Å². The summed E-state index contributed by atoms with van der Waals surface area (Å²) in [5.74, 6) is 0. The number of nitrogens with one attached hydrogen (secondary N) is 1. The molecule has 0 bridgehead atoms. The van der Waals surface area contributed by atoms with Crippen molar-refractivity contribution < 1.29 is 0 Å². The maximum atomic E-state index is 3.21. The van der Waals surface area contributed by atoms with E-state index in [2.05, 4.69) is 58.6 Å². The van der Waals surface area contributed by atoms with E-state index in [0.717, 1.165) is 0 Å². The highest BCUT2D eigenvalue weighted by Crippen LogP contribution is 2.27. The van der Waals surface area contributed by atoms with E-state index in [1.165, 1.54) is 21.8 Å². The van der Waals surface area contributed by atoms with Crippen molar-refractivity contribution in [3.8, 4) is 0 Å². The molecule has 0 aliphatic heterocycles. The molecule has 0 aliphatic rings. The lowest BCUT2D eigenvalue weighted by molar-refractivity contribution is 1.02. The van der Waals surface area contributed by atoms with Crippen LogP contribution in [0, 0.1) is 0 Å². The van der Waals surface area contributed by atoms with Crippen LogP contribution in [0.1, 0.15) is 0 Å². The smallest absolute Gasteiger partial charge is 0.0705 e. The van der Waals surface area contributed by atoms with E-state index in [1.807, 2.05) is 7.05 Å². The van der Waals surface area contributed by atoms with E-state index in [-0.39, 0.29) is 0 Å². The van der Waals surface area contributed by atoms with Gasteiger partial charge in [0.15, 0.2) is 0 Å². The molecule has 1 N–H and O–H groups in total. The number of hydrogen-bond donors (Lipinski definition) is 1. The summed E-state index contributed by atoms with van der Waals surface area (Å²) in [6.45, 7) is 0. The first-order chi connectivity index (χ1) is 7.42. The second-order valence-corrected chi connectivity index (χ2v) is 3.59. The molecule has 1 heterocycles. The van der Waals surface area contributed by atoms with Crippen molar-refractivity contribution in [2.24, 2.45) is 0 Å². The van der Waals surface area contributed by atoms with Crippen LogP contribution in [0.4, 0.5) is 0 Å². The predicted molar refractivity (Wildman–Crippen MR) is 64.7 cm³/mol. The fourth-order valence-electron chi connectivity index (χ4n) is 2.16. The number of nitrogens with zero attached hydrogens (tertiary/aromatic N) is 1. The lowest BCUT2D eigenvalue weighted by Crippen LogP contribution is -2.07. The van der Waals surface area contributed by atoms with Gasteiger partial charge in [-0.15, -0.1) is 0 Å². The summed E-state index contributed by atoms with van der Waals surface area (Å²) in [7, 11) is 1.94. The standard InChI is InChI=1S/C13H12N2/c1-14-15-12-8-4-2-6-10(12)11-7-3-5-9-13(11)15/h2-9,14H,1H3. The normalized spacial score (nSPS) is 11.0. The maximum Gasteiger partial charge on any atom is 0.0705 e. The van der Waals surface area contributed by atoms with Crippen LogP contribution in [0.5, 0.6) is 0 Å². The Labute approximate surface area is 88.1 Å². The third-order valence-electron chi connectivity index (χ3n) is 2.80. The summed E-state index contributed by atoms with van der Waals surface area (Å²) < 4.78 is 2.12. The van der Waals surface area contributed by atoms with Gasteiger partial charge in [0.05, 0.1) is 11.0 Å². The molecule has 15 heavy (non-hydrogen) atoms. The number of hydrogen-bond acceptors (Lipinski definition) is 1. The quantitative estimate of drug-likeness (QED) is 0.633. The highest BCUT2D eigenvalue weighted by Gasteiger charge is 2.07. The Bertz CT molecular complexity index is 569. The molecule has 0 saturated heterocycles. The van der Waals surface area contributed by atoms with E-state index < -0.39 is 0 Å². The summed E-state index contributed by atoms with van der Waals surface area (Å²) >= 11 is 0. The zero-order valence-electron chi connectivity index (χ0n) is 8.57. The molecule has 0 unspecified atom stereocenters. The average molecular weight is 196 g/mol. The molecule has 2 heteroatoms. The van der Waals surface area contributed by atoms with Crippen LogP contribution >= 0.6 is 0 Å². The monoisotopic (exact) mass is 196 g/mol. The van der Waals surface area contributed by atoms with Crippen molar-refractivity contribution in [3.05, 3.63) is 48.5 Å². The molecule has 0 atom stereocenters. The molecular formula is C13H12N2. The fraction of sp³-hybridized carbons (Fsp3) is 0.0769. The predicted octanol–water partition coefficient (Wildman–Crippen LogP) is 2.97. The minimum atomic E-state index is 1.22. The molecular weight excluding hydrogens is 184 g/mol. The van der Waals surface area contributed by atoms with Gasteiger partial charge in [-0.25, -0.2) is 0 Å². The SMILES string of the molecule is CNn1c2ccccc2c2ccccc21. The Hall–Kier alpha value is -1.96. The zero-order chi connectivity index (χ0) is 10.3. The van der Waals surface area contributed by atoms with Gasteiger partial charge in [-0.2, -0.15) is 0 Å². The first-order valence-electron chi connectivity index (χ1n) is 5.08. The molecule has 74 valence electrons. The molecule has 2 aromatic carbocycles. The lowest BCUT2D eigenvalue weighted by Gasteiger charge is -2.04. The van der Waals surface area contributed by atoms with Crippen molar-refractivity contribution >= 4 is 21.8 Å². The largest absolute Gasteiger partial charge is 0.328 e. The van der Waals surface area contributed by atoms with Crippen molar-refractivity contribution in [1.29, 1.82) is 0 Å². The van der Waals surface area contributed by atoms with Crippen LogP contribution in [0.2, 0.25) is 0 Å². The molecule has 0 radical (unpaired) electrons. The Morgan fingerprint density at radius 1 is 0.800 bits per heavy atom. The Balaban J connectivity index is 2.62. The summed E-state index contributed by atoms with van der Waals surface area (Å²) in [6.07, 6.45) is 0. The number of fused-ring (bicyclic) bond motifs is 3. The average Bonchev–Trinajstić information content (AvgIpc) is 2.63. The lowest BCUT2D eigenvalue weighted by atomic mass is 10.2. The topological polar surface area (TPSA) is 17.0 Å². The van der Waals surface area contributed by atoms with E-state index in [9.17, 15) is 0 Å². The van der Waals surface area contributed by atoms with Gasteiger partial charge in [0.25, 0.3) is 0 Å². The minimum Gasteiger partial charge on any atom is -0.328 e. The second kappa shape index (κ2) is 3.02. The van der Waals surface area contributed by atoms with Crippen molar-refractivity contribution in [2.45, 2.75) is 0 Å². The van der Waals surface area contributed by atoms with E-state index in [1.54, 1.807) is 0 Å². The van der Waals surface area contributed by atoms with Gasteiger partial charge < -0.3 is 5.43 Å². The first-order valence-corrected chi connectivity index (χ1v) is 5.08. The minimum absolute atomic E-state index is 1.22. The van der Waals surface area contributed by atoms with Crippen molar-refractivity contribution in [3.63, 3.8) is 0 Å². The third-order valence-corrected chi connectivity index (χ3v) is 2.80. The van der Waals surface area contributed by atoms with Gasteiger partial charge in [-0.1, -0.05) is 36.4 Å². The molecule has 0 amide bonds. The van der Waals surface area contributed by atoms with Crippen molar-refractivity contribution in [1.82, 2.24) is 4.68 Å². The molecule has 3 rings (SSSR count). The van der Waals surface area contributed by atoms with E-state index in [0.29, 0.717) is 0 Å². The maximum absolute atomic E-state index is 3.21. The van der Waals surface area contributed by atoms with Gasteiger partial charge in [0, 0.05) is 17.8 Å². The van der Waals surface area contributed by atoms with Crippen LogP contribution < -0.4 is 5.43 Å². The molecule has 0 saturated carbocycles. The van der Waals surface area contributed by atoms with E-state index in [4.69, 9.17) is 0 Å². The van der Waals surface area contributed by atoms with Crippen LogP contribution in [0.15, 0.2) is 48.5 Å². The van der Waals surface area contributed by atoms with Crippen molar-refractivity contribution in [2.75, 3.05) is 12.5 Å². The number of rotatable bonds is 1. The zero-order valence-corrected chi connectivity index (χ0v) is 8.57. The van der Waals surface area contributed by atoms with Gasteiger partial charge in [0.1, 0.15) is 0 Å². The summed E-state index contributed by atoms with van der Waals surface area (Å²) in [6, 6.07) is 16.9. The van der Waals surface area contributed by atoms with Crippen LogP contribution in [0.25, 0.3) is 21.8 Å². The number of aromatic nitrogens is 1. The third kappa shape index (κ3) is 1.05. The Morgan fingerprint density at radius 3 is 1.73 bits per heavy atom. The fourth-order valence-corrected chi connectivity index (χ4v) is 2.16. The molecule has 1 aromatic heterocycles. The van der Waals surface area contributed by atoms with Crippen LogP contribution in [0.3, 0.4) is 0 Å². The van der Waals surface area contributed by atoms with Gasteiger partial charge in [0.2, 0.25) is 0 Å². The summed E-state index contributed by atoms with van der Waals surface area (Å²) in [5.41, 5.74) is 5.66. The molecule has 2 nitrogen and oxygen atoms in total. The highest BCUT2D eigenvalue weighted by atomic mass is 15.4. The number of benzene rings is 2.